The van der Waals surface area contributed by atoms with Crippen LogP contribution in [0.15, 0.2) is 24.4 Å². The molecule has 0 aliphatic heterocycles. The smallest absolute Gasteiger partial charge is 0.435 e. The highest BCUT2D eigenvalue weighted by atomic mass is 79.9. The highest BCUT2D eigenvalue weighted by Crippen LogP contribution is 2.19. The Hall–Kier alpha value is -1.36. The van der Waals surface area contributed by atoms with Crippen molar-refractivity contribution in [2.45, 2.75) is 31.7 Å². The fourth-order valence-electron chi connectivity index (χ4n) is 1.60. The van der Waals surface area contributed by atoms with Gasteiger partial charge in [-0.25, -0.2) is 4.79 Å². The van der Waals surface area contributed by atoms with E-state index in [4.69, 9.17) is 4.74 Å². The van der Waals surface area contributed by atoms with Crippen LogP contribution in [0.4, 0.5) is 4.79 Å². The Morgan fingerprint density at radius 2 is 2.17 bits per heavy atom. The van der Waals surface area contributed by atoms with Gasteiger partial charge in [0.1, 0.15) is 5.60 Å². The van der Waals surface area contributed by atoms with Crippen molar-refractivity contribution >= 4 is 32.9 Å². The molecule has 0 spiro atoms. The Bertz CT molecular complexity index is 584. The normalized spacial score (nSPS) is 11.8. The molecule has 0 amide bonds. The third kappa shape index (κ3) is 2.72. The summed E-state index contributed by atoms with van der Waals surface area (Å²) in [6.07, 6.45) is 1.21. The third-order valence-electron chi connectivity index (χ3n) is 2.36. The number of hydrogen-bond acceptors (Lipinski definition) is 3. The standard InChI is InChI=1S/C13H15BrN2O2/c1-13(2,3)18-12(17)16-11-6-9(7-14)4-5-10(11)8-15-16/h4-6,8H,7H2,1-3H3. The quantitative estimate of drug-likeness (QED) is 0.754. The minimum absolute atomic E-state index is 0.454. The molecule has 1 aromatic heterocycles. The third-order valence-corrected chi connectivity index (χ3v) is 3.00. The van der Waals surface area contributed by atoms with Crippen molar-refractivity contribution in [3.63, 3.8) is 0 Å². The van der Waals surface area contributed by atoms with Gasteiger partial charge in [-0.05, 0) is 32.4 Å². The average molecular weight is 311 g/mol. The van der Waals surface area contributed by atoms with Gasteiger partial charge in [0.05, 0.1) is 11.7 Å². The molecule has 0 fully saturated rings. The first kappa shape index (κ1) is 13.1. The second-order valence-corrected chi connectivity index (χ2v) is 5.62. The summed E-state index contributed by atoms with van der Waals surface area (Å²) >= 11 is 3.40. The monoisotopic (exact) mass is 310 g/mol. The number of benzene rings is 1. The summed E-state index contributed by atoms with van der Waals surface area (Å²) in [6.45, 7) is 5.50. The zero-order chi connectivity index (χ0) is 13.3. The van der Waals surface area contributed by atoms with E-state index in [2.05, 4.69) is 21.0 Å². The maximum absolute atomic E-state index is 12.0. The molecule has 0 aliphatic rings. The molecule has 0 N–H and O–H groups in total. The van der Waals surface area contributed by atoms with Crippen LogP contribution in [-0.2, 0) is 10.1 Å². The molecule has 2 aromatic rings. The number of hydrogen-bond donors (Lipinski definition) is 0. The number of rotatable bonds is 1. The van der Waals surface area contributed by atoms with Gasteiger partial charge in [0.2, 0.25) is 0 Å². The van der Waals surface area contributed by atoms with Gasteiger partial charge in [0.15, 0.2) is 0 Å². The topological polar surface area (TPSA) is 44.1 Å². The van der Waals surface area contributed by atoms with E-state index in [1.807, 2.05) is 39.0 Å². The molecule has 1 aromatic carbocycles. The van der Waals surface area contributed by atoms with E-state index < -0.39 is 11.7 Å². The number of nitrogens with zero attached hydrogens (tertiary/aromatic N) is 2. The minimum atomic E-state index is -0.525. The summed E-state index contributed by atoms with van der Waals surface area (Å²) in [5.41, 5.74) is 1.33. The van der Waals surface area contributed by atoms with Crippen molar-refractivity contribution in [1.82, 2.24) is 9.78 Å². The zero-order valence-electron chi connectivity index (χ0n) is 10.6. The van der Waals surface area contributed by atoms with Crippen molar-refractivity contribution in [3.05, 3.63) is 30.0 Å². The molecule has 0 radical (unpaired) electrons. The molecule has 2 rings (SSSR count). The molecular formula is C13H15BrN2O2. The predicted octanol–water partition coefficient (Wildman–Crippen LogP) is 3.71. The maximum atomic E-state index is 12.0. The van der Waals surface area contributed by atoms with Crippen molar-refractivity contribution in [3.8, 4) is 0 Å². The summed E-state index contributed by atoms with van der Waals surface area (Å²) in [5, 5.41) is 5.74. The zero-order valence-corrected chi connectivity index (χ0v) is 12.2. The van der Waals surface area contributed by atoms with Gasteiger partial charge >= 0.3 is 6.09 Å². The first-order valence-electron chi connectivity index (χ1n) is 5.67. The van der Waals surface area contributed by atoms with Gasteiger partial charge in [0, 0.05) is 10.7 Å². The van der Waals surface area contributed by atoms with E-state index in [9.17, 15) is 4.79 Å². The number of carbonyl (C=O) groups is 1. The second-order valence-electron chi connectivity index (χ2n) is 5.06. The van der Waals surface area contributed by atoms with Crippen molar-refractivity contribution in [2.24, 2.45) is 0 Å². The Balaban J connectivity index is 2.42. The molecule has 0 saturated carbocycles. The van der Waals surface area contributed by atoms with Crippen molar-refractivity contribution < 1.29 is 9.53 Å². The predicted molar refractivity (Wildman–Crippen MR) is 74.0 cm³/mol. The molecule has 0 bridgehead atoms. The lowest BCUT2D eigenvalue weighted by molar-refractivity contribution is 0.0523. The van der Waals surface area contributed by atoms with Crippen molar-refractivity contribution in [2.75, 3.05) is 0 Å². The summed E-state index contributed by atoms with van der Waals surface area (Å²) in [7, 11) is 0. The summed E-state index contributed by atoms with van der Waals surface area (Å²) < 4.78 is 6.61. The lowest BCUT2D eigenvalue weighted by Gasteiger charge is -2.19. The van der Waals surface area contributed by atoms with Gasteiger partial charge in [-0.3, -0.25) is 0 Å². The highest BCUT2D eigenvalue weighted by molar-refractivity contribution is 9.08. The molecule has 18 heavy (non-hydrogen) atoms. The van der Waals surface area contributed by atoms with Crippen LogP contribution in [0, 0.1) is 0 Å². The number of alkyl halides is 1. The molecule has 0 saturated heterocycles. The Morgan fingerprint density at radius 3 is 2.78 bits per heavy atom. The van der Waals surface area contributed by atoms with Gasteiger partial charge < -0.3 is 4.74 Å². The molecule has 0 aliphatic carbocycles. The first-order valence-corrected chi connectivity index (χ1v) is 6.79. The largest absolute Gasteiger partial charge is 0.442 e. The molecule has 4 nitrogen and oxygen atoms in total. The molecule has 5 heteroatoms. The Labute approximate surface area is 114 Å². The number of carbonyl (C=O) groups excluding carboxylic acids is 1. The van der Waals surface area contributed by atoms with E-state index in [0.29, 0.717) is 0 Å². The van der Waals surface area contributed by atoms with E-state index in [1.165, 1.54) is 4.68 Å². The van der Waals surface area contributed by atoms with E-state index in [1.54, 1.807) is 6.20 Å². The average Bonchev–Trinajstić information content (AvgIpc) is 2.69. The van der Waals surface area contributed by atoms with Crippen molar-refractivity contribution in [1.29, 1.82) is 0 Å². The van der Waals surface area contributed by atoms with Crippen LogP contribution in [0.5, 0.6) is 0 Å². The van der Waals surface area contributed by atoms with Crippen LogP contribution in [0.25, 0.3) is 10.9 Å². The van der Waals surface area contributed by atoms with Crippen LogP contribution in [0.1, 0.15) is 26.3 Å². The molecule has 1 heterocycles. The number of halogens is 1. The van der Waals surface area contributed by atoms with Crippen LogP contribution < -0.4 is 0 Å². The van der Waals surface area contributed by atoms with Crippen LogP contribution in [0.2, 0.25) is 0 Å². The van der Waals surface area contributed by atoms with Gasteiger partial charge in [-0.2, -0.15) is 9.78 Å². The number of fused-ring (bicyclic) bond motifs is 1. The van der Waals surface area contributed by atoms with Crippen LogP contribution in [-0.4, -0.2) is 21.5 Å². The molecular weight excluding hydrogens is 296 g/mol. The van der Waals surface area contributed by atoms with Gasteiger partial charge in [0.25, 0.3) is 0 Å². The van der Waals surface area contributed by atoms with Gasteiger partial charge in [-0.15, -0.1) is 0 Å². The fraction of sp³-hybridized carbons (Fsp3) is 0.385. The molecule has 0 atom stereocenters. The van der Waals surface area contributed by atoms with E-state index in [0.717, 1.165) is 21.8 Å². The van der Waals surface area contributed by atoms with E-state index in [-0.39, 0.29) is 0 Å². The summed E-state index contributed by atoms with van der Waals surface area (Å²) in [6, 6.07) is 5.87. The minimum Gasteiger partial charge on any atom is -0.442 e. The molecule has 96 valence electrons. The Kier molecular flexibility index (Phi) is 3.43. The molecule has 0 unspecified atom stereocenters. The summed E-state index contributed by atoms with van der Waals surface area (Å²) in [5.74, 6) is 0. The summed E-state index contributed by atoms with van der Waals surface area (Å²) in [4.78, 5) is 12.0. The van der Waals surface area contributed by atoms with Crippen LogP contribution in [0.3, 0.4) is 0 Å². The number of aromatic nitrogens is 2. The van der Waals surface area contributed by atoms with Crippen LogP contribution >= 0.6 is 15.9 Å². The van der Waals surface area contributed by atoms with Gasteiger partial charge in [-0.1, -0.05) is 28.1 Å². The lowest BCUT2D eigenvalue weighted by atomic mass is 10.2. The maximum Gasteiger partial charge on any atom is 0.435 e. The number of ether oxygens (including phenoxy) is 1. The second kappa shape index (κ2) is 4.72. The highest BCUT2D eigenvalue weighted by Gasteiger charge is 2.19. The lowest BCUT2D eigenvalue weighted by Crippen LogP contribution is -2.27. The first-order chi connectivity index (χ1) is 8.40. The SMILES string of the molecule is CC(C)(C)OC(=O)n1ncc2ccc(CBr)cc21. The van der Waals surface area contributed by atoms with E-state index >= 15 is 0 Å². The Morgan fingerprint density at radius 1 is 1.44 bits per heavy atom. The fourth-order valence-corrected chi connectivity index (χ4v) is 1.95.